The van der Waals surface area contributed by atoms with Gasteiger partial charge in [-0.05, 0) is 24.3 Å². The Morgan fingerprint density at radius 1 is 1.27 bits per heavy atom. The van der Waals surface area contributed by atoms with Crippen LogP contribution >= 0.6 is 11.6 Å². The van der Waals surface area contributed by atoms with E-state index in [9.17, 15) is 19.4 Å². The number of nitrogens with one attached hydrogen (secondary N) is 2. The van der Waals surface area contributed by atoms with Crippen molar-refractivity contribution >= 4 is 29.0 Å². The third kappa shape index (κ3) is 5.90. The van der Waals surface area contributed by atoms with Gasteiger partial charge >= 0.3 is 0 Å². The van der Waals surface area contributed by atoms with Gasteiger partial charge in [-0.25, -0.2) is 14.4 Å². The van der Waals surface area contributed by atoms with Crippen molar-refractivity contribution in [1.29, 1.82) is 0 Å². The van der Waals surface area contributed by atoms with Gasteiger partial charge in [-0.3, -0.25) is 9.78 Å². The Labute approximate surface area is 193 Å². The maximum atomic E-state index is 14.3. The van der Waals surface area contributed by atoms with E-state index in [1.807, 2.05) is 0 Å². The quantitative estimate of drug-likeness (QED) is 0.309. The number of carbonyl (C=O) groups is 1. The van der Waals surface area contributed by atoms with Crippen molar-refractivity contribution in [2.45, 2.75) is 12.2 Å². The number of anilines is 2. The summed E-state index contributed by atoms with van der Waals surface area (Å²) in [5, 5.41) is 25.2. The number of ether oxygens (including phenoxy) is 1. The van der Waals surface area contributed by atoms with Crippen LogP contribution in [0.15, 0.2) is 42.9 Å². The number of aromatic nitrogens is 3. The molecular weight excluding hydrogens is 455 g/mol. The van der Waals surface area contributed by atoms with Crippen LogP contribution in [0.1, 0.15) is 10.4 Å². The summed E-state index contributed by atoms with van der Waals surface area (Å²) in [5.41, 5.74) is 5.83. The maximum absolute atomic E-state index is 14.3. The number of rotatable bonds is 9. The number of hydrogen-bond donors (Lipinski definition) is 5. The first-order chi connectivity index (χ1) is 15.8. The molecule has 6 N–H and O–H groups in total. The fourth-order valence-corrected chi connectivity index (χ4v) is 2.98. The molecule has 2 atom stereocenters. The summed E-state index contributed by atoms with van der Waals surface area (Å²) in [6.45, 7) is -0.375. The zero-order chi connectivity index (χ0) is 24.0. The average Bonchev–Trinajstić information content (AvgIpc) is 2.83. The molecule has 0 aliphatic carbocycles. The molecule has 0 saturated heterocycles. The first-order valence-electron chi connectivity index (χ1n) is 9.76. The molecule has 3 rings (SSSR count). The molecule has 0 aliphatic rings. The SMILES string of the molecule is COc1cnc(-c2cc(Cl)ccc2F)nc1Nc1ccncc1C(=O)NC[C@H](O)[C@@H](O)CN. The first-order valence-corrected chi connectivity index (χ1v) is 10.1. The minimum atomic E-state index is -1.23. The second-order valence-corrected chi connectivity index (χ2v) is 7.30. The third-order valence-corrected chi connectivity index (χ3v) is 4.86. The topological polar surface area (TPSA) is 156 Å². The van der Waals surface area contributed by atoms with Crippen molar-refractivity contribution in [1.82, 2.24) is 20.3 Å². The monoisotopic (exact) mass is 476 g/mol. The molecule has 2 heterocycles. The molecule has 0 unspecified atom stereocenters. The van der Waals surface area contributed by atoms with Gasteiger partial charge in [0, 0.05) is 30.5 Å². The zero-order valence-corrected chi connectivity index (χ0v) is 18.3. The minimum absolute atomic E-state index is 0.0530. The van der Waals surface area contributed by atoms with Crippen molar-refractivity contribution in [2.75, 3.05) is 25.5 Å². The van der Waals surface area contributed by atoms with Gasteiger partial charge in [0.1, 0.15) is 5.82 Å². The van der Waals surface area contributed by atoms with E-state index < -0.39 is 23.9 Å². The van der Waals surface area contributed by atoms with E-state index in [1.165, 1.54) is 50.0 Å². The second-order valence-electron chi connectivity index (χ2n) is 6.86. The Morgan fingerprint density at radius 2 is 2.06 bits per heavy atom. The van der Waals surface area contributed by atoms with Gasteiger partial charge in [0.25, 0.3) is 5.91 Å². The molecule has 10 nitrogen and oxygen atoms in total. The second kappa shape index (κ2) is 11.0. The van der Waals surface area contributed by atoms with Crippen LogP contribution in [-0.4, -0.2) is 63.5 Å². The molecule has 0 radical (unpaired) electrons. The van der Waals surface area contributed by atoms with Gasteiger partial charge < -0.3 is 31.3 Å². The molecule has 33 heavy (non-hydrogen) atoms. The number of methoxy groups -OCH3 is 1. The molecule has 3 aromatic rings. The summed E-state index contributed by atoms with van der Waals surface area (Å²) in [6.07, 6.45) is 1.72. The van der Waals surface area contributed by atoms with Crippen molar-refractivity contribution in [3.63, 3.8) is 0 Å². The molecule has 174 valence electrons. The normalized spacial score (nSPS) is 12.7. The fraction of sp³-hybridized carbons (Fsp3) is 0.238. The van der Waals surface area contributed by atoms with E-state index in [0.717, 1.165) is 0 Å². The van der Waals surface area contributed by atoms with Crippen molar-refractivity contribution in [3.8, 4) is 17.1 Å². The molecule has 2 aromatic heterocycles. The largest absolute Gasteiger partial charge is 0.491 e. The highest BCUT2D eigenvalue weighted by Crippen LogP contribution is 2.30. The standard InChI is InChI=1S/C21H22ClFN6O4/c1-33-18-10-26-19(12-6-11(22)2-3-14(12)23)29-20(18)28-15-4-5-25-8-13(15)21(32)27-9-17(31)16(30)7-24/h2-6,8,10,16-17,30-31H,7,9,24H2,1H3,(H,27,32)(H,25,26,28,29)/t16-,17-/m0/s1. The van der Waals surface area contributed by atoms with Crippen LogP contribution < -0.4 is 21.1 Å². The van der Waals surface area contributed by atoms with Gasteiger partial charge in [-0.15, -0.1) is 0 Å². The molecule has 12 heteroatoms. The highest BCUT2D eigenvalue weighted by molar-refractivity contribution is 6.30. The van der Waals surface area contributed by atoms with Gasteiger partial charge in [0.2, 0.25) is 0 Å². The fourth-order valence-electron chi connectivity index (χ4n) is 2.81. The number of benzene rings is 1. The van der Waals surface area contributed by atoms with Crippen molar-refractivity contribution < 1.29 is 24.1 Å². The number of nitrogens with zero attached hydrogens (tertiary/aromatic N) is 3. The number of aliphatic hydroxyl groups is 2. The lowest BCUT2D eigenvalue weighted by molar-refractivity contribution is 0.0257. The minimum Gasteiger partial charge on any atom is -0.491 e. The van der Waals surface area contributed by atoms with Crippen molar-refractivity contribution in [2.24, 2.45) is 5.73 Å². The van der Waals surface area contributed by atoms with Gasteiger partial charge in [-0.1, -0.05) is 11.6 Å². The van der Waals surface area contributed by atoms with Gasteiger partial charge in [0.05, 0.1) is 42.3 Å². The molecule has 1 amide bonds. The molecule has 0 fully saturated rings. The number of pyridine rings is 1. The smallest absolute Gasteiger partial charge is 0.255 e. The molecular formula is C21H22ClFN6O4. The Bertz CT molecular complexity index is 1140. The Kier molecular flexibility index (Phi) is 8.06. The lowest BCUT2D eigenvalue weighted by atomic mass is 10.2. The van der Waals surface area contributed by atoms with Crippen molar-refractivity contribution in [3.05, 3.63) is 59.3 Å². The number of carbonyl (C=O) groups excluding carboxylic acids is 1. The van der Waals surface area contributed by atoms with Crippen LogP contribution in [0.4, 0.5) is 15.9 Å². The summed E-state index contributed by atoms with van der Waals surface area (Å²) in [4.78, 5) is 25.1. The van der Waals surface area contributed by atoms with Gasteiger partial charge in [0.15, 0.2) is 17.4 Å². The lowest BCUT2D eigenvalue weighted by Gasteiger charge is -2.17. The van der Waals surface area contributed by atoms with E-state index in [1.54, 1.807) is 0 Å². The van der Waals surface area contributed by atoms with E-state index in [0.29, 0.717) is 10.7 Å². The summed E-state index contributed by atoms with van der Waals surface area (Å²) >= 11 is 5.98. The van der Waals surface area contributed by atoms with Gasteiger partial charge in [-0.2, -0.15) is 0 Å². The summed E-state index contributed by atoms with van der Waals surface area (Å²) < 4.78 is 19.6. The molecule has 0 spiro atoms. The zero-order valence-electron chi connectivity index (χ0n) is 17.5. The van der Waals surface area contributed by atoms with Crippen LogP contribution in [0.3, 0.4) is 0 Å². The van der Waals surface area contributed by atoms with Crippen LogP contribution in [0.5, 0.6) is 5.75 Å². The Morgan fingerprint density at radius 3 is 2.79 bits per heavy atom. The number of nitrogens with two attached hydrogens (primary N) is 1. The summed E-state index contributed by atoms with van der Waals surface area (Å²) in [6, 6.07) is 5.55. The van der Waals surface area contributed by atoms with E-state index in [-0.39, 0.29) is 41.6 Å². The number of amides is 1. The highest BCUT2D eigenvalue weighted by Gasteiger charge is 2.19. The number of halogens is 2. The van der Waals surface area contributed by atoms with E-state index in [2.05, 4.69) is 25.6 Å². The van der Waals surface area contributed by atoms with E-state index in [4.69, 9.17) is 22.1 Å². The summed E-state index contributed by atoms with van der Waals surface area (Å²) in [7, 11) is 1.41. The Balaban J connectivity index is 1.89. The first kappa shape index (κ1) is 24.3. The van der Waals surface area contributed by atoms with Crippen LogP contribution in [0, 0.1) is 5.82 Å². The van der Waals surface area contributed by atoms with Crippen LogP contribution in [-0.2, 0) is 0 Å². The predicted octanol–water partition coefficient (Wildman–Crippen LogP) is 1.49. The molecule has 1 aromatic carbocycles. The third-order valence-electron chi connectivity index (χ3n) is 4.62. The van der Waals surface area contributed by atoms with Crippen LogP contribution in [0.2, 0.25) is 5.02 Å². The number of hydrogen-bond acceptors (Lipinski definition) is 9. The van der Waals surface area contributed by atoms with Crippen LogP contribution in [0.25, 0.3) is 11.4 Å². The maximum Gasteiger partial charge on any atom is 0.255 e. The van der Waals surface area contributed by atoms with E-state index >= 15 is 0 Å². The summed E-state index contributed by atoms with van der Waals surface area (Å²) in [5.74, 6) is -0.662. The molecule has 0 bridgehead atoms. The average molecular weight is 477 g/mol. The Hall–Kier alpha value is -3.38. The predicted molar refractivity (Wildman–Crippen MR) is 120 cm³/mol. The lowest BCUT2D eigenvalue weighted by Crippen LogP contribution is -2.42. The molecule has 0 saturated carbocycles. The molecule has 0 aliphatic heterocycles. The highest BCUT2D eigenvalue weighted by atomic mass is 35.5. The number of aliphatic hydroxyl groups excluding tert-OH is 2.